The van der Waals surface area contributed by atoms with Crippen LogP contribution in [0.4, 0.5) is 0 Å². The highest BCUT2D eigenvalue weighted by Gasteiger charge is 2.40. The van der Waals surface area contributed by atoms with E-state index in [1.807, 2.05) is 30.3 Å². The third kappa shape index (κ3) is 3.97. The summed E-state index contributed by atoms with van der Waals surface area (Å²) in [4.78, 5) is 26.4. The number of carbonyl (C=O) groups excluding carboxylic acids is 2. The zero-order valence-corrected chi connectivity index (χ0v) is 15.3. The number of hydrogen-bond donors (Lipinski definition) is 1. The molecule has 0 aromatic heterocycles. The van der Waals surface area contributed by atoms with Crippen LogP contribution in [0.5, 0.6) is 17.2 Å². The summed E-state index contributed by atoms with van der Waals surface area (Å²) in [5.74, 6) is 0.728. The van der Waals surface area contributed by atoms with Gasteiger partial charge in [-0.1, -0.05) is 18.2 Å². The van der Waals surface area contributed by atoms with Gasteiger partial charge in [0.15, 0.2) is 0 Å². The Balaban J connectivity index is 1.83. The molecular weight excluding hydrogens is 348 g/mol. The van der Waals surface area contributed by atoms with E-state index in [0.29, 0.717) is 29.2 Å². The Hall–Kier alpha value is -3.22. The third-order valence-corrected chi connectivity index (χ3v) is 4.54. The molecule has 1 heterocycles. The number of para-hydroxylation sites is 1. The summed E-state index contributed by atoms with van der Waals surface area (Å²) in [5, 5.41) is 0. The standard InChI is InChI=1S/C20H22N2O5/c1-25-14-8-9-16(18(11-14)26-2)20(24)22-12-15(10-17(22)19(21)23)27-13-6-4-3-5-7-13/h3-9,11,15,17H,10,12H2,1-2H3,(H2,21,23)/t15-,17-/m0/s1. The molecule has 0 saturated carbocycles. The second-order valence-corrected chi connectivity index (χ2v) is 6.23. The lowest BCUT2D eigenvalue weighted by atomic mass is 10.1. The van der Waals surface area contributed by atoms with Gasteiger partial charge in [0.1, 0.15) is 29.4 Å². The van der Waals surface area contributed by atoms with Crippen molar-refractivity contribution in [3.05, 3.63) is 54.1 Å². The van der Waals surface area contributed by atoms with Crippen molar-refractivity contribution in [2.75, 3.05) is 20.8 Å². The van der Waals surface area contributed by atoms with E-state index >= 15 is 0 Å². The first-order valence-electron chi connectivity index (χ1n) is 8.57. The van der Waals surface area contributed by atoms with Crippen LogP contribution in [-0.4, -0.2) is 49.6 Å². The van der Waals surface area contributed by atoms with Gasteiger partial charge in [-0.2, -0.15) is 0 Å². The highest BCUT2D eigenvalue weighted by molar-refractivity contribution is 6.00. The third-order valence-electron chi connectivity index (χ3n) is 4.54. The zero-order chi connectivity index (χ0) is 19.4. The average Bonchev–Trinajstić information content (AvgIpc) is 3.11. The van der Waals surface area contributed by atoms with Gasteiger partial charge in [0, 0.05) is 12.5 Å². The Bertz CT molecular complexity index is 824. The van der Waals surface area contributed by atoms with E-state index in [-0.39, 0.29) is 18.6 Å². The van der Waals surface area contributed by atoms with Gasteiger partial charge in [0.25, 0.3) is 5.91 Å². The molecule has 0 unspecified atom stereocenters. The number of amides is 2. The zero-order valence-electron chi connectivity index (χ0n) is 15.3. The number of ether oxygens (including phenoxy) is 3. The first kappa shape index (κ1) is 18.6. The number of benzene rings is 2. The van der Waals surface area contributed by atoms with Crippen LogP contribution < -0.4 is 19.9 Å². The van der Waals surface area contributed by atoms with Crippen molar-refractivity contribution in [1.29, 1.82) is 0 Å². The highest BCUT2D eigenvalue weighted by atomic mass is 16.5. The normalized spacial score (nSPS) is 18.8. The molecule has 1 saturated heterocycles. The molecule has 0 aliphatic carbocycles. The number of rotatable bonds is 6. The van der Waals surface area contributed by atoms with Crippen LogP contribution in [0.3, 0.4) is 0 Å². The molecule has 27 heavy (non-hydrogen) atoms. The maximum atomic E-state index is 13.1. The molecule has 1 aliphatic rings. The minimum absolute atomic E-state index is 0.260. The highest BCUT2D eigenvalue weighted by Crippen LogP contribution is 2.30. The van der Waals surface area contributed by atoms with Gasteiger partial charge < -0.3 is 24.8 Å². The predicted octanol–water partition coefficient (Wildman–Crippen LogP) is 1.85. The second kappa shape index (κ2) is 7.99. The summed E-state index contributed by atoms with van der Waals surface area (Å²) < 4.78 is 16.4. The molecule has 1 fully saturated rings. The van der Waals surface area contributed by atoms with Gasteiger partial charge in [-0.15, -0.1) is 0 Å². The van der Waals surface area contributed by atoms with Crippen LogP contribution in [0.2, 0.25) is 0 Å². The molecule has 7 heteroatoms. The molecule has 7 nitrogen and oxygen atoms in total. The smallest absolute Gasteiger partial charge is 0.258 e. The molecule has 1 aliphatic heterocycles. The van der Waals surface area contributed by atoms with E-state index < -0.39 is 11.9 Å². The van der Waals surface area contributed by atoms with Crippen LogP contribution in [-0.2, 0) is 4.79 Å². The second-order valence-electron chi connectivity index (χ2n) is 6.23. The van der Waals surface area contributed by atoms with Gasteiger partial charge in [-0.25, -0.2) is 0 Å². The lowest BCUT2D eigenvalue weighted by molar-refractivity contribution is -0.121. The lowest BCUT2D eigenvalue weighted by Gasteiger charge is -2.23. The Morgan fingerprint density at radius 3 is 2.41 bits per heavy atom. The van der Waals surface area contributed by atoms with Crippen LogP contribution in [0.25, 0.3) is 0 Å². The van der Waals surface area contributed by atoms with Crippen LogP contribution >= 0.6 is 0 Å². The molecule has 0 spiro atoms. The minimum atomic E-state index is -0.738. The van der Waals surface area contributed by atoms with Crippen LogP contribution in [0.1, 0.15) is 16.8 Å². The Morgan fingerprint density at radius 1 is 1.04 bits per heavy atom. The molecule has 142 valence electrons. The van der Waals surface area contributed by atoms with Crippen molar-refractivity contribution in [3.8, 4) is 17.2 Å². The van der Waals surface area contributed by atoms with Gasteiger partial charge in [0.05, 0.1) is 26.3 Å². The predicted molar refractivity (Wildman–Crippen MR) is 99.0 cm³/mol. The van der Waals surface area contributed by atoms with E-state index in [4.69, 9.17) is 19.9 Å². The maximum Gasteiger partial charge on any atom is 0.258 e. The topological polar surface area (TPSA) is 91.1 Å². The van der Waals surface area contributed by atoms with Crippen molar-refractivity contribution in [1.82, 2.24) is 4.90 Å². The number of methoxy groups -OCH3 is 2. The number of nitrogens with two attached hydrogens (primary N) is 1. The molecule has 3 rings (SSSR count). The largest absolute Gasteiger partial charge is 0.497 e. The molecule has 2 aromatic rings. The van der Waals surface area contributed by atoms with E-state index in [1.54, 1.807) is 18.2 Å². The van der Waals surface area contributed by atoms with E-state index in [0.717, 1.165) is 0 Å². The SMILES string of the molecule is COc1ccc(C(=O)N2C[C@@H](Oc3ccccc3)C[C@H]2C(N)=O)c(OC)c1. The lowest BCUT2D eigenvalue weighted by Crippen LogP contribution is -2.43. The van der Waals surface area contributed by atoms with Crippen molar-refractivity contribution < 1.29 is 23.8 Å². The van der Waals surface area contributed by atoms with Gasteiger partial charge in [-0.05, 0) is 24.3 Å². The molecule has 0 bridgehead atoms. The summed E-state index contributed by atoms with van der Waals surface area (Å²) in [7, 11) is 3.01. The fraction of sp³-hybridized carbons (Fsp3) is 0.300. The van der Waals surface area contributed by atoms with Crippen molar-refractivity contribution in [3.63, 3.8) is 0 Å². The molecule has 2 amide bonds. The van der Waals surface area contributed by atoms with Gasteiger partial charge in [0.2, 0.25) is 5.91 Å². The number of hydrogen-bond acceptors (Lipinski definition) is 5. The first-order valence-corrected chi connectivity index (χ1v) is 8.57. The monoisotopic (exact) mass is 370 g/mol. The minimum Gasteiger partial charge on any atom is -0.497 e. The molecule has 2 aromatic carbocycles. The molecule has 0 radical (unpaired) electrons. The van der Waals surface area contributed by atoms with Gasteiger partial charge in [-0.3, -0.25) is 9.59 Å². The van der Waals surface area contributed by atoms with Crippen molar-refractivity contribution >= 4 is 11.8 Å². The summed E-state index contributed by atoms with van der Waals surface area (Å²) in [6, 6.07) is 13.4. The molecule has 2 N–H and O–H groups in total. The first-order chi connectivity index (χ1) is 13.0. The number of nitrogens with zero attached hydrogens (tertiary/aromatic N) is 1. The quantitative estimate of drug-likeness (QED) is 0.838. The summed E-state index contributed by atoms with van der Waals surface area (Å²) in [5.41, 5.74) is 5.87. The van der Waals surface area contributed by atoms with Crippen molar-refractivity contribution in [2.45, 2.75) is 18.6 Å². The Kier molecular flexibility index (Phi) is 5.49. The molecular formula is C20H22N2O5. The van der Waals surface area contributed by atoms with Gasteiger partial charge >= 0.3 is 0 Å². The summed E-state index contributed by atoms with van der Waals surface area (Å²) in [6.45, 7) is 0.260. The average molecular weight is 370 g/mol. The number of primary amides is 1. The summed E-state index contributed by atoms with van der Waals surface area (Å²) in [6.07, 6.45) is 0.0205. The van der Waals surface area contributed by atoms with E-state index in [9.17, 15) is 9.59 Å². The summed E-state index contributed by atoms with van der Waals surface area (Å²) >= 11 is 0. The van der Waals surface area contributed by atoms with Crippen LogP contribution in [0.15, 0.2) is 48.5 Å². The number of likely N-dealkylation sites (tertiary alicyclic amines) is 1. The fourth-order valence-electron chi connectivity index (χ4n) is 3.20. The van der Waals surface area contributed by atoms with Crippen molar-refractivity contribution in [2.24, 2.45) is 5.73 Å². The van der Waals surface area contributed by atoms with E-state index in [1.165, 1.54) is 19.1 Å². The van der Waals surface area contributed by atoms with E-state index in [2.05, 4.69) is 0 Å². The Labute approximate surface area is 157 Å². The van der Waals surface area contributed by atoms with Crippen LogP contribution in [0, 0.1) is 0 Å². The fourth-order valence-corrected chi connectivity index (χ4v) is 3.20. The number of carbonyl (C=O) groups is 2. The maximum absolute atomic E-state index is 13.1. The Morgan fingerprint density at radius 2 is 1.78 bits per heavy atom. The molecule has 2 atom stereocenters.